The third kappa shape index (κ3) is 2.17. The second-order valence-corrected chi connectivity index (χ2v) is 4.99. The van der Waals surface area contributed by atoms with Gasteiger partial charge in [-0.15, -0.1) is 0 Å². The molecule has 2 aromatic carbocycles. The van der Waals surface area contributed by atoms with Gasteiger partial charge in [-0.25, -0.2) is 4.79 Å². The van der Waals surface area contributed by atoms with Crippen LogP contribution in [-0.2, 0) is 6.54 Å². The Hall–Kier alpha value is -2.26. The first kappa shape index (κ1) is 12.8. The normalized spacial score (nSPS) is 10.8. The van der Waals surface area contributed by atoms with Gasteiger partial charge in [-0.1, -0.05) is 54.1 Å². The first-order valence-electron chi connectivity index (χ1n) is 6.22. The minimum absolute atomic E-state index is 0.247. The van der Waals surface area contributed by atoms with E-state index < -0.39 is 5.97 Å². The number of aromatic nitrogens is 1. The van der Waals surface area contributed by atoms with Crippen LogP contribution in [-0.4, -0.2) is 15.6 Å². The lowest BCUT2D eigenvalue weighted by Gasteiger charge is -2.09. The molecule has 0 fully saturated rings. The fourth-order valence-corrected chi connectivity index (χ4v) is 2.67. The molecule has 20 heavy (non-hydrogen) atoms. The Morgan fingerprint density at radius 1 is 1.10 bits per heavy atom. The summed E-state index contributed by atoms with van der Waals surface area (Å²) >= 11 is 6.23. The van der Waals surface area contributed by atoms with Crippen molar-refractivity contribution >= 4 is 28.5 Å². The fraction of sp³-hybridized carbons (Fsp3) is 0.0625. The molecule has 100 valence electrons. The van der Waals surface area contributed by atoms with Gasteiger partial charge in [0.15, 0.2) is 0 Å². The molecule has 0 saturated heterocycles. The zero-order valence-corrected chi connectivity index (χ0v) is 11.3. The summed E-state index contributed by atoms with van der Waals surface area (Å²) in [5, 5.41) is 10.8. The second-order valence-electron chi connectivity index (χ2n) is 4.58. The standard InChI is InChI=1S/C16H12ClNO2/c17-13-8-4-7-12-9-14(16(19)20)18(15(12)13)10-11-5-2-1-3-6-11/h1-9H,10H2,(H,19,20). The summed E-state index contributed by atoms with van der Waals surface area (Å²) in [5.74, 6) is -0.951. The summed E-state index contributed by atoms with van der Waals surface area (Å²) < 4.78 is 1.75. The molecule has 1 N–H and O–H groups in total. The van der Waals surface area contributed by atoms with E-state index in [1.807, 2.05) is 42.5 Å². The van der Waals surface area contributed by atoms with E-state index in [-0.39, 0.29) is 5.69 Å². The Morgan fingerprint density at radius 3 is 2.55 bits per heavy atom. The van der Waals surface area contributed by atoms with Crippen LogP contribution in [0.2, 0.25) is 5.02 Å². The first-order chi connectivity index (χ1) is 9.66. The van der Waals surface area contributed by atoms with E-state index in [0.29, 0.717) is 11.6 Å². The van der Waals surface area contributed by atoms with E-state index >= 15 is 0 Å². The van der Waals surface area contributed by atoms with Gasteiger partial charge in [0.1, 0.15) is 5.69 Å². The van der Waals surface area contributed by atoms with Gasteiger partial charge < -0.3 is 9.67 Å². The molecule has 0 aliphatic rings. The van der Waals surface area contributed by atoms with Gasteiger partial charge in [-0.2, -0.15) is 0 Å². The van der Waals surface area contributed by atoms with Crippen LogP contribution in [0.3, 0.4) is 0 Å². The van der Waals surface area contributed by atoms with Gasteiger partial charge in [0.2, 0.25) is 0 Å². The fourth-order valence-electron chi connectivity index (χ4n) is 2.39. The monoisotopic (exact) mass is 285 g/mol. The van der Waals surface area contributed by atoms with Gasteiger partial charge in [-0.05, 0) is 17.7 Å². The molecular formula is C16H12ClNO2. The number of halogens is 1. The highest BCUT2D eigenvalue weighted by Gasteiger charge is 2.16. The van der Waals surface area contributed by atoms with Crippen molar-refractivity contribution in [3.05, 3.63) is 70.9 Å². The molecule has 1 heterocycles. The highest BCUT2D eigenvalue weighted by Crippen LogP contribution is 2.28. The Morgan fingerprint density at radius 2 is 1.85 bits per heavy atom. The zero-order chi connectivity index (χ0) is 14.1. The highest BCUT2D eigenvalue weighted by atomic mass is 35.5. The number of carbonyl (C=O) groups is 1. The summed E-state index contributed by atoms with van der Waals surface area (Å²) in [6.07, 6.45) is 0. The van der Waals surface area contributed by atoms with Gasteiger partial charge in [0.25, 0.3) is 0 Å². The number of rotatable bonds is 3. The van der Waals surface area contributed by atoms with Crippen LogP contribution >= 0.6 is 11.6 Å². The maximum atomic E-state index is 11.4. The molecule has 3 aromatic rings. The molecule has 3 rings (SSSR count). The summed E-state index contributed by atoms with van der Waals surface area (Å²) in [5.41, 5.74) is 2.04. The van der Waals surface area contributed by atoms with Crippen LogP contribution in [0.4, 0.5) is 0 Å². The zero-order valence-electron chi connectivity index (χ0n) is 10.6. The SMILES string of the molecule is O=C(O)c1cc2cccc(Cl)c2n1Cc1ccccc1. The number of carboxylic acid groups (broad SMARTS) is 1. The van der Waals surface area contributed by atoms with Crippen molar-refractivity contribution in [1.29, 1.82) is 0 Å². The van der Waals surface area contributed by atoms with Crippen LogP contribution in [0.1, 0.15) is 16.1 Å². The lowest BCUT2D eigenvalue weighted by molar-refractivity contribution is 0.0686. The quantitative estimate of drug-likeness (QED) is 0.789. The van der Waals surface area contributed by atoms with Crippen LogP contribution in [0.15, 0.2) is 54.6 Å². The number of hydrogen-bond donors (Lipinski definition) is 1. The summed E-state index contributed by atoms with van der Waals surface area (Å²) in [7, 11) is 0. The smallest absolute Gasteiger partial charge is 0.352 e. The summed E-state index contributed by atoms with van der Waals surface area (Å²) in [6, 6.07) is 16.9. The minimum Gasteiger partial charge on any atom is -0.477 e. The van der Waals surface area contributed by atoms with E-state index in [4.69, 9.17) is 11.6 Å². The molecule has 0 saturated carbocycles. The lowest BCUT2D eigenvalue weighted by atomic mass is 10.2. The largest absolute Gasteiger partial charge is 0.477 e. The molecule has 0 amide bonds. The third-order valence-corrected chi connectivity index (χ3v) is 3.58. The molecule has 3 nitrogen and oxygen atoms in total. The molecule has 4 heteroatoms. The Labute approximate surface area is 121 Å². The molecule has 0 unspecified atom stereocenters. The van der Waals surface area contributed by atoms with E-state index in [2.05, 4.69) is 0 Å². The first-order valence-corrected chi connectivity index (χ1v) is 6.59. The van der Waals surface area contributed by atoms with Crippen molar-refractivity contribution in [3.63, 3.8) is 0 Å². The van der Waals surface area contributed by atoms with E-state index in [1.54, 1.807) is 16.7 Å². The molecule has 0 radical (unpaired) electrons. The molecule has 0 spiro atoms. The van der Waals surface area contributed by atoms with Gasteiger partial charge >= 0.3 is 5.97 Å². The van der Waals surface area contributed by atoms with E-state index in [1.165, 1.54) is 0 Å². The van der Waals surface area contributed by atoms with Crippen molar-refractivity contribution < 1.29 is 9.90 Å². The molecule has 0 aliphatic carbocycles. The van der Waals surface area contributed by atoms with Crippen molar-refractivity contribution in [2.24, 2.45) is 0 Å². The average Bonchev–Trinajstić information content (AvgIpc) is 2.80. The molecule has 1 aromatic heterocycles. The average molecular weight is 286 g/mol. The predicted molar refractivity (Wildman–Crippen MR) is 79.5 cm³/mol. The Balaban J connectivity index is 2.21. The number of carboxylic acids is 1. The maximum Gasteiger partial charge on any atom is 0.352 e. The lowest BCUT2D eigenvalue weighted by Crippen LogP contribution is -2.09. The summed E-state index contributed by atoms with van der Waals surface area (Å²) in [4.78, 5) is 11.4. The van der Waals surface area contributed by atoms with Crippen molar-refractivity contribution in [1.82, 2.24) is 4.57 Å². The molecule has 0 atom stereocenters. The minimum atomic E-state index is -0.951. The summed E-state index contributed by atoms with van der Waals surface area (Å²) in [6.45, 7) is 0.482. The van der Waals surface area contributed by atoms with Crippen LogP contribution in [0.5, 0.6) is 0 Å². The van der Waals surface area contributed by atoms with Gasteiger partial charge in [-0.3, -0.25) is 0 Å². The number of benzene rings is 2. The van der Waals surface area contributed by atoms with Crippen molar-refractivity contribution in [2.75, 3.05) is 0 Å². The second kappa shape index (κ2) is 5.02. The number of nitrogens with zero attached hydrogens (tertiary/aromatic N) is 1. The number of hydrogen-bond acceptors (Lipinski definition) is 1. The van der Waals surface area contributed by atoms with Gasteiger partial charge in [0, 0.05) is 11.9 Å². The topological polar surface area (TPSA) is 42.2 Å². The number of para-hydroxylation sites is 1. The number of fused-ring (bicyclic) bond motifs is 1. The Kier molecular flexibility index (Phi) is 3.20. The molecule has 0 aliphatic heterocycles. The van der Waals surface area contributed by atoms with Gasteiger partial charge in [0.05, 0.1) is 10.5 Å². The molecular weight excluding hydrogens is 274 g/mol. The van der Waals surface area contributed by atoms with Crippen LogP contribution < -0.4 is 0 Å². The number of aromatic carboxylic acids is 1. The maximum absolute atomic E-state index is 11.4. The highest BCUT2D eigenvalue weighted by molar-refractivity contribution is 6.35. The molecule has 0 bridgehead atoms. The predicted octanol–water partition coefficient (Wildman–Crippen LogP) is 4.04. The Bertz CT molecular complexity index is 778. The van der Waals surface area contributed by atoms with Crippen molar-refractivity contribution in [3.8, 4) is 0 Å². The van der Waals surface area contributed by atoms with E-state index in [9.17, 15) is 9.90 Å². The van der Waals surface area contributed by atoms with E-state index in [0.717, 1.165) is 16.5 Å². The van der Waals surface area contributed by atoms with Crippen LogP contribution in [0.25, 0.3) is 10.9 Å². The van der Waals surface area contributed by atoms with Crippen LogP contribution in [0, 0.1) is 0 Å². The third-order valence-electron chi connectivity index (χ3n) is 3.27. The van der Waals surface area contributed by atoms with Crippen molar-refractivity contribution in [2.45, 2.75) is 6.54 Å².